The molecular formula is C20H29N3O. The summed E-state index contributed by atoms with van der Waals surface area (Å²) < 4.78 is 0. The van der Waals surface area contributed by atoms with Gasteiger partial charge in [0.05, 0.1) is 6.04 Å². The number of fused-ring (bicyclic) bond motifs is 1. The van der Waals surface area contributed by atoms with Gasteiger partial charge in [0, 0.05) is 30.9 Å². The maximum atomic E-state index is 12.7. The molecule has 0 aromatic heterocycles. The van der Waals surface area contributed by atoms with Gasteiger partial charge < -0.3 is 15.5 Å². The molecule has 130 valence electrons. The number of rotatable bonds is 3. The van der Waals surface area contributed by atoms with E-state index in [1.807, 2.05) is 0 Å². The van der Waals surface area contributed by atoms with Gasteiger partial charge in [0.25, 0.3) is 0 Å². The number of nitrogens with zero attached hydrogens (tertiary/aromatic N) is 1. The van der Waals surface area contributed by atoms with Crippen LogP contribution < -0.4 is 15.5 Å². The molecule has 0 radical (unpaired) electrons. The van der Waals surface area contributed by atoms with Crippen molar-refractivity contribution in [2.24, 2.45) is 5.92 Å². The highest BCUT2D eigenvalue weighted by Crippen LogP contribution is 2.33. The standard InChI is InChI=1S/C20H29N3O/c24-20(19-13-15-7-4-5-11-18(15)22-19)21-16-8-6-12-23(14-16)17-9-2-1-3-10-17/h1-3,9-10,15-16,18-19,22H,4-8,11-14H2,(H,21,24). The maximum Gasteiger partial charge on any atom is 0.237 e. The Bertz CT molecular complexity index is 547. The molecule has 1 saturated carbocycles. The Morgan fingerprint density at radius 1 is 1.08 bits per heavy atom. The van der Waals surface area contributed by atoms with Crippen molar-refractivity contribution in [3.63, 3.8) is 0 Å². The lowest BCUT2D eigenvalue weighted by atomic mass is 9.85. The van der Waals surface area contributed by atoms with Gasteiger partial charge in [-0.05, 0) is 50.2 Å². The van der Waals surface area contributed by atoms with Crippen molar-refractivity contribution in [2.45, 2.75) is 63.1 Å². The van der Waals surface area contributed by atoms with Crippen molar-refractivity contribution >= 4 is 11.6 Å². The zero-order valence-corrected chi connectivity index (χ0v) is 14.4. The van der Waals surface area contributed by atoms with Gasteiger partial charge in [-0.25, -0.2) is 0 Å². The van der Waals surface area contributed by atoms with Gasteiger partial charge in [-0.3, -0.25) is 4.79 Å². The van der Waals surface area contributed by atoms with Crippen molar-refractivity contribution in [3.8, 4) is 0 Å². The number of anilines is 1. The van der Waals surface area contributed by atoms with Crippen LogP contribution in [-0.4, -0.2) is 37.1 Å². The summed E-state index contributed by atoms with van der Waals surface area (Å²) in [7, 11) is 0. The number of amides is 1. The van der Waals surface area contributed by atoms with E-state index in [2.05, 4.69) is 45.9 Å². The largest absolute Gasteiger partial charge is 0.369 e. The number of para-hydroxylation sites is 1. The van der Waals surface area contributed by atoms with Gasteiger partial charge >= 0.3 is 0 Å². The molecular weight excluding hydrogens is 298 g/mol. The van der Waals surface area contributed by atoms with Gasteiger partial charge in [-0.15, -0.1) is 0 Å². The van der Waals surface area contributed by atoms with Crippen molar-refractivity contribution in [2.75, 3.05) is 18.0 Å². The summed E-state index contributed by atoms with van der Waals surface area (Å²) in [5.41, 5.74) is 1.27. The van der Waals surface area contributed by atoms with Crippen LogP contribution in [0.1, 0.15) is 44.9 Å². The van der Waals surface area contributed by atoms with Crippen LogP contribution in [-0.2, 0) is 4.79 Å². The highest BCUT2D eigenvalue weighted by Gasteiger charge is 2.38. The predicted molar refractivity (Wildman–Crippen MR) is 97.1 cm³/mol. The molecule has 2 N–H and O–H groups in total. The van der Waals surface area contributed by atoms with Gasteiger partial charge in [0.2, 0.25) is 5.91 Å². The fourth-order valence-electron chi connectivity index (χ4n) is 4.79. The first-order valence-electron chi connectivity index (χ1n) is 9.66. The number of piperidine rings is 1. The molecule has 1 aromatic carbocycles. The lowest BCUT2D eigenvalue weighted by molar-refractivity contribution is -0.123. The Balaban J connectivity index is 1.32. The molecule has 4 atom stereocenters. The third-order valence-electron chi connectivity index (χ3n) is 6.07. The summed E-state index contributed by atoms with van der Waals surface area (Å²) in [6.45, 7) is 2.01. The second kappa shape index (κ2) is 7.14. The molecule has 4 unspecified atom stereocenters. The van der Waals surface area contributed by atoms with Gasteiger partial charge in [0.15, 0.2) is 0 Å². The van der Waals surface area contributed by atoms with E-state index in [1.54, 1.807) is 0 Å². The van der Waals surface area contributed by atoms with Gasteiger partial charge in [-0.1, -0.05) is 31.0 Å². The highest BCUT2D eigenvalue weighted by atomic mass is 16.2. The normalized spacial score (nSPS) is 33.1. The third-order valence-corrected chi connectivity index (χ3v) is 6.07. The van der Waals surface area contributed by atoms with Crippen molar-refractivity contribution in [3.05, 3.63) is 30.3 Å². The Labute approximate surface area is 145 Å². The third kappa shape index (κ3) is 3.44. The minimum atomic E-state index is 0.0326. The number of nitrogens with one attached hydrogen (secondary N) is 2. The molecule has 2 aliphatic heterocycles. The number of hydrogen-bond acceptors (Lipinski definition) is 3. The molecule has 4 heteroatoms. The zero-order valence-electron chi connectivity index (χ0n) is 14.4. The van der Waals surface area contributed by atoms with E-state index in [0.29, 0.717) is 6.04 Å². The fourth-order valence-corrected chi connectivity index (χ4v) is 4.79. The van der Waals surface area contributed by atoms with E-state index in [9.17, 15) is 4.79 Å². The molecule has 2 heterocycles. The number of hydrogen-bond donors (Lipinski definition) is 2. The molecule has 2 saturated heterocycles. The molecule has 4 rings (SSSR count). The van der Waals surface area contributed by atoms with Crippen LogP contribution in [0.25, 0.3) is 0 Å². The van der Waals surface area contributed by atoms with E-state index in [4.69, 9.17) is 0 Å². The first-order valence-corrected chi connectivity index (χ1v) is 9.66. The summed E-state index contributed by atoms with van der Waals surface area (Å²) in [6.07, 6.45) is 8.47. The van der Waals surface area contributed by atoms with E-state index in [0.717, 1.165) is 38.3 Å². The molecule has 1 aliphatic carbocycles. The van der Waals surface area contributed by atoms with E-state index in [-0.39, 0.29) is 18.0 Å². The van der Waals surface area contributed by atoms with Crippen molar-refractivity contribution in [1.82, 2.24) is 10.6 Å². The quantitative estimate of drug-likeness (QED) is 0.897. The highest BCUT2D eigenvalue weighted by molar-refractivity contribution is 5.82. The lowest BCUT2D eigenvalue weighted by Gasteiger charge is -2.35. The van der Waals surface area contributed by atoms with Crippen LogP contribution in [0.2, 0.25) is 0 Å². The first kappa shape index (κ1) is 15.9. The molecule has 0 bridgehead atoms. The average molecular weight is 327 g/mol. The molecule has 3 fully saturated rings. The number of benzene rings is 1. The van der Waals surface area contributed by atoms with Gasteiger partial charge in [0.1, 0.15) is 0 Å². The molecule has 1 aromatic rings. The van der Waals surface area contributed by atoms with Crippen LogP contribution in [0.5, 0.6) is 0 Å². The second-order valence-corrected chi connectivity index (χ2v) is 7.74. The average Bonchev–Trinajstić information content (AvgIpc) is 3.07. The summed E-state index contributed by atoms with van der Waals surface area (Å²) >= 11 is 0. The minimum Gasteiger partial charge on any atom is -0.369 e. The molecule has 0 spiro atoms. The summed E-state index contributed by atoms with van der Waals surface area (Å²) in [4.78, 5) is 15.1. The Kier molecular flexibility index (Phi) is 4.74. The molecule has 4 nitrogen and oxygen atoms in total. The molecule has 24 heavy (non-hydrogen) atoms. The lowest BCUT2D eigenvalue weighted by Crippen LogP contribution is -2.52. The van der Waals surface area contributed by atoms with Crippen molar-refractivity contribution < 1.29 is 4.79 Å². The van der Waals surface area contributed by atoms with E-state index < -0.39 is 0 Å². The van der Waals surface area contributed by atoms with Crippen LogP contribution in [0.4, 0.5) is 5.69 Å². The topological polar surface area (TPSA) is 44.4 Å². The summed E-state index contributed by atoms with van der Waals surface area (Å²) in [5.74, 6) is 0.950. The van der Waals surface area contributed by atoms with Crippen LogP contribution in [0.15, 0.2) is 30.3 Å². The number of carbonyl (C=O) groups excluding carboxylic acids is 1. The van der Waals surface area contributed by atoms with Gasteiger partial charge in [-0.2, -0.15) is 0 Å². The van der Waals surface area contributed by atoms with E-state index >= 15 is 0 Å². The first-order chi connectivity index (χ1) is 11.8. The smallest absolute Gasteiger partial charge is 0.237 e. The Morgan fingerprint density at radius 3 is 2.75 bits per heavy atom. The van der Waals surface area contributed by atoms with Crippen LogP contribution in [0.3, 0.4) is 0 Å². The summed E-state index contributed by atoms with van der Waals surface area (Å²) in [5, 5.41) is 6.93. The maximum absolute atomic E-state index is 12.7. The monoisotopic (exact) mass is 327 g/mol. The predicted octanol–water partition coefficient (Wildman–Crippen LogP) is 2.69. The zero-order chi connectivity index (χ0) is 16.4. The second-order valence-electron chi connectivity index (χ2n) is 7.74. The van der Waals surface area contributed by atoms with E-state index in [1.165, 1.54) is 31.4 Å². The minimum absolute atomic E-state index is 0.0326. The SMILES string of the molecule is O=C(NC1CCCN(c2ccccc2)C1)C1CC2CCCCC2N1. The Morgan fingerprint density at radius 2 is 1.92 bits per heavy atom. The summed E-state index contributed by atoms with van der Waals surface area (Å²) in [6, 6.07) is 11.4. The van der Waals surface area contributed by atoms with Crippen LogP contribution >= 0.6 is 0 Å². The molecule has 3 aliphatic rings. The molecule has 1 amide bonds. The number of carbonyl (C=O) groups is 1. The Hall–Kier alpha value is -1.55. The fraction of sp³-hybridized carbons (Fsp3) is 0.650. The van der Waals surface area contributed by atoms with Crippen LogP contribution in [0, 0.1) is 5.92 Å². The van der Waals surface area contributed by atoms with Crippen molar-refractivity contribution in [1.29, 1.82) is 0 Å².